The van der Waals surface area contributed by atoms with E-state index in [1.54, 1.807) is 53.1 Å². The number of hydrogen-bond donors (Lipinski definition) is 12. The molecule has 1 aliphatic heterocycles. The topological polar surface area (TPSA) is 339 Å². The second-order valence-corrected chi connectivity index (χ2v) is 26.8. The van der Waals surface area contributed by atoms with Crippen LogP contribution in [0.1, 0.15) is 207 Å². The summed E-state index contributed by atoms with van der Waals surface area (Å²) in [5.74, 6) is 10.1. The monoisotopic (exact) mass is 1810 g/mol. The fourth-order valence-electron chi connectivity index (χ4n) is 8.99. The maximum absolute atomic E-state index is 12.2. The molecule has 0 bridgehead atoms. The second-order valence-electron chi connectivity index (χ2n) is 22.9. The number of amides is 2. The molecule has 17 nitrogen and oxygen atoms in total. The van der Waals surface area contributed by atoms with E-state index in [1.807, 2.05) is 108 Å². The lowest BCUT2D eigenvalue weighted by Crippen LogP contribution is -2.38. The van der Waals surface area contributed by atoms with Crippen LogP contribution in [0.15, 0.2) is 135 Å². The molecule has 0 aromatic heterocycles. The number of alkyl halides is 8. The van der Waals surface area contributed by atoms with Crippen molar-refractivity contribution < 1.29 is 91.8 Å². The van der Waals surface area contributed by atoms with E-state index in [0.29, 0.717) is 57.5 Å². The van der Waals surface area contributed by atoms with Crippen molar-refractivity contribution in [3.63, 3.8) is 0 Å². The van der Waals surface area contributed by atoms with Gasteiger partial charge in [-0.1, -0.05) is 257 Å². The molecule has 6 rings (SSSR count). The summed E-state index contributed by atoms with van der Waals surface area (Å²) in [5, 5.41) is 80.4. The van der Waals surface area contributed by atoms with Crippen LogP contribution in [0.25, 0.3) is 0 Å². The highest BCUT2D eigenvalue weighted by Crippen LogP contribution is 2.25. The number of rotatable bonds is 24. The molecule has 105 heavy (non-hydrogen) atoms. The van der Waals surface area contributed by atoms with E-state index in [0.717, 1.165) is 103 Å². The predicted molar refractivity (Wildman–Crippen MR) is 425 cm³/mol. The maximum Gasteiger partial charge on any atom is 0.471 e. The largest absolute Gasteiger partial charge is 0.471 e. The van der Waals surface area contributed by atoms with E-state index in [9.17, 15) is 76.5 Å². The molecule has 1 fully saturated rings. The predicted octanol–water partition coefficient (Wildman–Crippen LogP) is 15.8. The normalized spacial score (nSPS) is 12.4. The van der Waals surface area contributed by atoms with Crippen LogP contribution in [-0.4, -0.2) is 144 Å². The molecular weight excluding hydrogens is 1700 g/mol. The van der Waals surface area contributed by atoms with Crippen LogP contribution in [-0.2, 0) is 14.3 Å². The molecule has 4 atom stereocenters. The van der Waals surface area contributed by atoms with E-state index >= 15 is 0 Å². The van der Waals surface area contributed by atoms with Crippen molar-refractivity contribution in [2.75, 3.05) is 50.6 Å². The highest BCUT2D eigenvalue weighted by Gasteiger charge is 2.39. The average Bonchev–Trinajstić information content (AvgIpc) is 0.955. The summed E-state index contributed by atoms with van der Waals surface area (Å²) in [7, 11) is 1.00. The Morgan fingerprint density at radius 1 is 0.524 bits per heavy atom. The Morgan fingerprint density at radius 2 is 0.838 bits per heavy atom. The molecule has 1 heterocycles. The lowest BCUT2D eigenvalue weighted by atomic mass is 9.93. The summed E-state index contributed by atoms with van der Waals surface area (Å²) in [4.78, 5) is 32.4. The van der Waals surface area contributed by atoms with E-state index in [1.165, 1.54) is 25.0 Å². The first-order valence-electron chi connectivity index (χ1n) is 33.1. The Labute approximate surface area is 659 Å². The minimum atomic E-state index is -4.99. The van der Waals surface area contributed by atoms with E-state index in [2.05, 4.69) is 109 Å². The SMILES string of the molecule is C.C#CC(O)(CCC)CCC.C1CCOC1.CCCC(O)(C#Cc1cccc([C@H](O)CN)c1)CCC.CCCC(O)(C#Cc1cccc([C@H](O)CNC(=O)C(F)(F)F)c1)CCC.CO.N.O.O=C(CBr)c1cccc(Br)c1.O=C(NC[C@@H](O)c1cccc(Br)c1)C(F)(F)F.O[C@H](CBr)c1cccc(Br)c1. The van der Waals surface area contributed by atoms with E-state index in [4.69, 9.17) is 22.0 Å². The number of halogens is 11. The van der Waals surface area contributed by atoms with Crippen LogP contribution in [0.4, 0.5) is 26.3 Å². The third-order valence-corrected chi connectivity index (χ3v) is 16.6. The number of hydrogen-bond acceptors (Lipinski definition) is 14. The zero-order valence-electron chi connectivity index (χ0n) is 59.9. The van der Waals surface area contributed by atoms with Crippen LogP contribution >= 0.6 is 79.6 Å². The van der Waals surface area contributed by atoms with Gasteiger partial charge in [0.25, 0.3) is 0 Å². The first-order valence-corrected chi connectivity index (χ1v) is 37.7. The summed E-state index contributed by atoms with van der Waals surface area (Å²) in [6.07, 6.45) is 3.39. The fraction of sp³-hybridized carbons (Fsp3) is 0.494. The molecule has 2 amide bonds. The number of benzene rings is 5. The van der Waals surface area contributed by atoms with Gasteiger partial charge in [0.05, 0.1) is 29.7 Å². The van der Waals surface area contributed by atoms with Gasteiger partial charge in [0.15, 0.2) is 5.78 Å². The van der Waals surface area contributed by atoms with Crippen molar-refractivity contribution in [2.24, 2.45) is 5.73 Å². The Kier molecular flexibility index (Phi) is 62.8. The van der Waals surface area contributed by atoms with Crippen molar-refractivity contribution >= 4 is 97.2 Å². The van der Waals surface area contributed by atoms with Gasteiger partial charge in [0.2, 0.25) is 0 Å². The van der Waals surface area contributed by atoms with Crippen molar-refractivity contribution in [3.05, 3.63) is 174 Å². The number of carbonyl (C=O) groups excluding carboxylic acids is 3. The number of ketones is 1. The molecule has 0 saturated carbocycles. The Morgan fingerprint density at radius 3 is 1.12 bits per heavy atom. The number of aliphatic hydroxyl groups excluding tert-OH is 5. The minimum absolute atomic E-state index is 0. The number of Topliss-reactive ketones (excluding diaryl/α,β-unsaturated/α-hetero) is 1. The number of aliphatic hydroxyl groups is 8. The molecule has 0 spiro atoms. The Bertz CT molecular complexity index is 3320. The van der Waals surface area contributed by atoms with Crippen molar-refractivity contribution in [2.45, 2.75) is 192 Å². The Hall–Kier alpha value is -5.11. The van der Waals surface area contributed by atoms with Crippen LogP contribution in [0, 0.1) is 36.0 Å². The number of nitrogens with two attached hydrogens (primary N) is 1. The van der Waals surface area contributed by atoms with Gasteiger partial charge in [-0.25, -0.2) is 0 Å². The molecule has 5 aromatic carbocycles. The standard InChI is InChI=1S/C19H24F3NO3.C17H25NO2.C10H9BrF3NO2.C9H16O.C8H8Br2O.C8H6Br2O.C4H8O.CH4O.CH4.H3N.H2O/c1-3-9-18(26,10-4-2)11-8-14-6-5-7-15(12-14)16(24)13-23-17(25)19(20,21)22;1-3-9-17(20,10-4-2)11-8-14-6-5-7-15(12-14)16(19)13-18;11-7-3-1-2-6(4-7)8(16)5-15-9(17)10(12,13)14;1-4-7-9(10,6-3)8-5-2;2*9-5-8(11)6-2-1-3-7(10)4-6;1-2-4-5-3-1;1-2;;;/h5-7,12,16,24,26H,3-4,9-10,13H2,1-2H3,(H,23,25);5-7,12,16,19-20H,3-4,9-10,13,18H2,1-2H3;1-4,8,16H,5H2,(H,15,17);3,10H,4-5,7-8H2,1-2H3;1-4,8,11H,5H2;1-4H,5H2;1-4H2;2H,1H3;1H4;1H3;1H2/t2*16-;8-;;8-;;;;;;/m111.1....../s1. The van der Waals surface area contributed by atoms with Crippen LogP contribution < -0.4 is 22.5 Å². The average molecular weight is 1810 g/mol. The molecule has 1 saturated heterocycles. The molecule has 1 aliphatic rings. The summed E-state index contributed by atoms with van der Waals surface area (Å²) >= 11 is 16.1. The first kappa shape index (κ1) is 108. The highest BCUT2D eigenvalue weighted by molar-refractivity contribution is 9.11. The molecule has 0 aliphatic carbocycles. The van der Waals surface area contributed by atoms with Crippen LogP contribution in [0.3, 0.4) is 0 Å². The van der Waals surface area contributed by atoms with Crippen LogP contribution in [0.2, 0.25) is 0 Å². The zero-order chi connectivity index (χ0) is 78.0. The zero-order valence-corrected chi connectivity index (χ0v) is 67.9. The van der Waals surface area contributed by atoms with Gasteiger partial charge in [0, 0.05) is 75.4 Å². The molecular formula is C77H109Br5F6N4O13. The van der Waals surface area contributed by atoms with Gasteiger partial charge < -0.3 is 73.6 Å². The smallest absolute Gasteiger partial charge is 0.412 e. The van der Waals surface area contributed by atoms with Gasteiger partial charge in [0.1, 0.15) is 16.8 Å². The molecule has 0 unspecified atom stereocenters. The van der Waals surface area contributed by atoms with Crippen molar-refractivity contribution in [1.29, 1.82) is 0 Å². The number of ether oxygens (including phenoxy) is 1. The van der Waals surface area contributed by atoms with Gasteiger partial charge in [-0.15, -0.1) is 6.42 Å². The molecule has 17 N–H and O–H groups in total. The summed E-state index contributed by atoms with van der Waals surface area (Å²) in [6, 6.07) is 35.2. The number of nitrogens with one attached hydrogen (secondary N) is 2. The quantitative estimate of drug-likeness (QED) is 0.0118. The lowest BCUT2D eigenvalue weighted by Gasteiger charge is -2.20. The molecule has 28 heteroatoms. The molecule has 5 aromatic rings. The number of carbonyl (C=O) groups is 3. The maximum atomic E-state index is 12.2. The van der Waals surface area contributed by atoms with Gasteiger partial charge in [-0.2, -0.15) is 26.3 Å². The summed E-state index contributed by atoms with van der Waals surface area (Å²) in [6.45, 7) is 13.2. The Balaban J connectivity index is -0.000000382. The summed E-state index contributed by atoms with van der Waals surface area (Å²) < 4.78 is 79.7. The number of terminal acetylenes is 1. The lowest BCUT2D eigenvalue weighted by molar-refractivity contribution is -0.174. The van der Waals surface area contributed by atoms with Gasteiger partial charge >= 0.3 is 24.2 Å². The van der Waals surface area contributed by atoms with Crippen molar-refractivity contribution in [3.8, 4) is 36.0 Å². The van der Waals surface area contributed by atoms with Gasteiger partial charge in [-0.05, 0) is 134 Å². The van der Waals surface area contributed by atoms with E-state index in [-0.39, 0.29) is 31.4 Å². The fourth-order valence-corrected chi connectivity index (χ4v) is 10.9. The summed E-state index contributed by atoms with van der Waals surface area (Å²) in [5.41, 5.74) is 7.10. The molecule has 0 radical (unpaired) electrons. The molecule has 592 valence electrons. The van der Waals surface area contributed by atoms with Crippen molar-refractivity contribution in [1.82, 2.24) is 16.8 Å². The van der Waals surface area contributed by atoms with Gasteiger partial charge in [-0.3, -0.25) is 14.4 Å². The third-order valence-electron chi connectivity index (χ3n) is 14.0. The van der Waals surface area contributed by atoms with Crippen LogP contribution in [0.5, 0.6) is 0 Å². The highest BCUT2D eigenvalue weighted by atomic mass is 79.9. The second kappa shape index (κ2) is 60.8. The van der Waals surface area contributed by atoms with E-state index < -0.39 is 78.5 Å². The minimum Gasteiger partial charge on any atom is -0.412 e. The first-order chi connectivity index (χ1) is 48.1. The third kappa shape index (κ3) is 49.5.